The molecule has 2 aromatic heterocycles. The molecule has 0 saturated heterocycles. The van der Waals surface area contributed by atoms with Gasteiger partial charge in [-0.15, -0.1) is 11.3 Å². The van der Waals surface area contributed by atoms with E-state index in [1.54, 1.807) is 24.3 Å². The van der Waals surface area contributed by atoms with Gasteiger partial charge in [-0.05, 0) is 24.3 Å². The van der Waals surface area contributed by atoms with Crippen LogP contribution in [0.3, 0.4) is 0 Å². The summed E-state index contributed by atoms with van der Waals surface area (Å²) >= 11 is 1.35. The summed E-state index contributed by atoms with van der Waals surface area (Å²) in [5, 5.41) is 9.96. The van der Waals surface area contributed by atoms with E-state index in [0.717, 1.165) is 10.2 Å². The number of carbonyl (C=O) groups is 1. The average molecular weight is 363 g/mol. The highest BCUT2D eigenvalue weighted by Gasteiger charge is 2.24. The molecule has 0 aliphatic rings. The van der Waals surface area contributed by atoms with E-state index in [-0.39, 0.29) is 18.7 Å². The Balaban J connectivity index is 1.57. The fourth-order valence-corrected chi connectivity index (χ4v) is 3.91. The second kappa shape index (κ2) is 6.58. The third-order valence-corrected chi connectivity index (χ3v) is 5.27. The minimum Gasteiger partial charge on any atom is -0.408 e. The van der Waals surface area contributed by atoms with E-state index >= 15 is 0 Å². The van der Waals surface area contributed by atoms with Gasteiger partial charge in [0.1, 0.15) is 5.01 Å². The maximum Gasteiger partial charge on any atom is 0.419 e. The van der Waals surface area contributed by atoms with E-state index < -0.39 is 11.7 Å². The lowest BCUT2D eigenvalue weighted by Crippen LogP contribution is -2.19. The summed E-state index contributed by atoms with van der Waals surface area (Å²) in [5.74, 6) is -1.70. The molecule has 6 nitrogen and oxygen atoms in total. The van der Waals surface area contributed by atoms with Crippen LogP contribution in [-0.2, 0) is 11.3 Å². The molecule has 1 atom stereocenters. The van der Waals surface area contributed by atoms with Crippen molar-refractivity contribution < 1.29 is 9.21 Å². The Bertz CT molecular complexity index is 1180. The number of Topliss-reactive ketones (excluding diaryl/α,β-unsaturated/α-hetero) is 1. The minimum absolute atomic E-state index is 0.0532. The van der Waals surface area contributed by atoms with Crippen LogP contribution in [0.5, 0.6) is 0 Å². The van der Waals surface area contributed by atoms with E-state index in [2.05, 4.69) is 4.98 Å². The summed E-state index contributed by atoms with van der Waals surface area (Å²) in [6, 6.07) is 16.6. The van der Waals surface area contributed by atoms with Gasteiger partial charge in [-0.2, -0.15) is 5.26 Å². The molecule has 2 aromatic carbocycles. The van der Waals surface area contributed by atoms with E-state index in [1.807, 2.05) is 30.3 Å². The van der Waals surface area contributed by atoms with E-state index in [9.17, 15) is 14.9 Å². The highest BCUT2D eigenvalue weighted by Crippen LogP contribution is 2.28. The van der Waals surface area contributed by atoms with Crippen molar-refractivity contribution >= 4 is 38.4 Å². The van der Waals surface area contributed by atoms with Gasteiger partial charge in [0.25, 0.3) is 0 Å². The Morgan fingerprint density at radius 3 is 2.81 bits per heavy atom. The zero-order chi connectivity index (χ0) is 18.1. The average Bonchev–Trinajstić information content (AvgIpc) is 3.20. The van der Waals surface area contributed by atoms with Crippen molar-refractivity contribution in [3.05, 3.63) is 64.1 Å². The molecule has 7 heteroatoms. The number of aromatic nitrogens is 2. The van der Waals surface area contributed by atoms with Gasteiger partial charge in [0.05, 0.1) is 21.8 Å². The van der Waals surface area contributed by atoms with Gasteiger partial charge in [-0.3, -0.25) is 9.36 Å². The standard InChI is InChI=1S/C19H13N3O3S/c20-11-12(18-21-13-5-1-4-8-17(13)26-18)15(23)9-10-22-14-6-2-3-7-16(14)25-19(22)24/h1-8,12H,9-10H2. The maximum atomic E-state index is 12.6. The van der Waals surface area contributed by atoms with Crippen molar-refractivity contribution in [3.63, 3.8) is 0 Å². The van der Waals surface area contributed by atoms with Gasteiger partial charge in [-0.25, -0.2) is 9.78 Å². The molecule has 1 unspecified atom stereocenters. The number of hydrogen-bond acceptors (Lipinski definition) is 6. The molecular weight excluding hydrogens is 350 g/mol. The second-order valence-corrected chi connectivity index (χ2v) is 6.85. The van der Waals surface area contributed by atoms with Gasteiger partial charge in [0.2, 0.25) is 0 Å². The largest absolute Gasteiger partial charge is 0.419 e. The lowest BCUT2D eigenvalue weighted by molar-refractivity contribution is -0.119. The Labute approximate surface area is 151 Å². The summed E-state index contributed by atoms with van der Waals surface area (Å²) in [7, 11) is 0. The van der Waals surface area contributed by atoms with Crippen LogP contribution in [0, 0.1) is 11.3 Å². The minimum atomic E-state index is -0.929. The first-order valence-corrected chi connectivity index (χ1v) is 8.85. The molecule has 0 radical (unpaired) electrons. The Morgan fingerprint density at radius 2 is 2.00 bits per heavy atom. The summed E-state index contributed by atoms with van der Waals surface area (Å²) < 4.78 is 7.52. The molecule has 0 fully saturated rings. The summed E-state index contributed by atoms with van der Waals surface area (Å²) in [5.41, 5.74) is 1.89. The number of rotatable bonds is 5. The third-order valence-electron chi connectivity index (χ3n) is 4.16. The smallest absolute Gasteiger partial charge is 0.408 e. The van der Waals surface area contributed by atoms with Crippen molar-refractivity contribution in [3.8, 4) is 6.07 Å². The first kappa shape index (κ1) is 16.2. The third kappa shape index (κ3) is 2.80. The van der Waals surface area contributed by atoms with Gasteiger partial charge >= 0.3 is 5.76 Å². The number of thiazole rings is 1. The lowest BCUT2D eigenvalue weighted by Gasteiger charge is -2.05. The number of aryl methyl sites for hydroxylation is 1. The summed E-state index contributed by atoms with van der Waals surface area (Å²) in [4.78, 5) is 29.0. The Morgan fingerprint density at radius 1 is 1.23 bits per heavy atom. The zero-order valence-electron chi connectivity index (χ0n) is 13.6. The molecule has 0 bridgehead atoms. The highest BCUT2D eigenvalue weighted by atomic mass is 32.1. The molecule has 0 aliphatic carbocycles. The van der Waals surface area contributed by atoms with Crippen LogP contribution in [0.2, 0.25) is 0 Å². The van der Waals surface area contributed by atoms with Crippen LogP contribution in [0.15, 0.2) is 57.7 Å². The Kier molecular flexibility index (Phi) is 4.11. The quantitative estimate of drug-likeness (QED) is 0.542. The molecular formula is C19H13N3O3S. The van der Waals surface area contributed by atoms with Crippen LogP contribution >= 0.6 is 11.3 Å². The summed E-state index contributed by atoms with van der Waals surface area (Å²) in [6.45, 7) is 0.164. The zero-order valence-corrected chi connectivity index (χ0v) is 14.4. The predicted molar refractivity (Wildman–Crippen MR) is 98.1 cm³/mol. The molecule has 4 rings (SSSR count). The monoisotopic (exact) mass is 363 g/mol. The number of benzene rings is 2. The predicted octanol–water partition coefficient (Wildman–Crippen LogP) is 3.47. The topological polar surface area (TPSA) is 88.9 Å². The van der Waals surface area contributed by atoms with Crippen molar-refractivity contribution in [1.82, 2.24) is 9.55 Å². The molecule has 0 aliphatic heterocycles. The number of hydrogen-bond donors (Lipinski definition) is 0. The molecule has 4 aromatic rings. The number of fused-ring (bicyclic) bond motifs is 2. The van der Waals surface area contributed by atoms with Crippen molar-refractivity contribution in [1.29, 1.82) is 5.26 Å². The number of nitriles is 1. The highest BCUT2D eigenvalue weighted by molar-refractivity contribution is 7.18. The van der Waals surface area contributed by atoms with Gasteiger partial charge in [0, 0.05) is 13.0 Å². The first-order chi connectivity index (χ1) is 12.7. The second-order valence-electron chi connectivity index (χ2n) is 5.79. The van der Waals surface area contributed by atoms with E-state index in [0.29, 0.717) is 16.1 Å². The van der Waals surface area contributed by atoms with E-state index in [1.165, 1.54) is 15.9 Å². The number of nitrogens with zero attached hydrogens (tertiary/aromatic N) is 3. The molecule has 2 heterocycles. The number of carbonyl (C=O) groups excluding carboxylic acids is 1. The van der Waals surface area contributed by atoms with Crippen molar-refractivity contribution in [2.45, 2.75) is 18.9 Å². The fourth-order valence-electron chi connectivity index (χ4n) is 2.87. The van der Waals surface area contributed by atoms with Crippen molar-refractivity contribution in [2.75, 3.05) is 0 Å². The molecule has 0 amide bonds. The number of ketones is 1. The normalized spacial score (nSPS) is 12.3. The van der Waals surface area contributed by atoms with Crippen LogP contribution in [0.25, 0.3) is 21.3 Å². The molecule has 0 saturated carbocycles. The van der Waals surface area contributed by atoms with Crippen LogP contribution in [0.4, 0.5) is 0 Å². The van der Waals surface area contributed by atoms with Crippen molar-refractivity contribution in [2.24, 2.45) is 0 Å². The molecule has 0 N–H and O–H groups in total. The summed E-state index contributed by atoms with van der Waals surface area (Å²) in [6.07, 6.45) is 0.0532. The first-order valence-electron chi connectivity index (χ1n) is 8.03. The molecule has 26 heavy (non-hydrogen) atoms. The molecule has 128 valence electrons. The van der Waals surface area contributed by atoms with Crippen LogP contribution < -0.4 is 5.76 Å². The Hall–Kier alpha value is -3.24. The number of oxazole rings is 1. The van der Waals surface area contributed by atoms with Crippen LogP contribution in [-0.4, -0.2) is 15.3 Å². The SMILES string of the molecule is N#CC(C(=O)CCn1c(=O)oc2ccccc21)c1nc2ccccc2s1. The fraction of sp³-hybridized carbons (Fsp3) is 0.158. The van der Waals surface area contributed by atoms with Gasteiger partial charge in [-0.1, -0.05) is 24.3 Å². The van der Waals surface area contributed by atoms with E-state index in [4.69, 9.17) is 4.42 Å². The van der Waals surface area contributed by atoms with Crippen LogP contribution in [0.1, 0.15) is 17.3 Å². The molecule has 0 spiro atoms. The van der Waals surface area contributed by atoms with Gasteiger partial charge in [0.15, 0.2) is 17.3 Å². The lowest BCUT2D eigenvalue weighted by atomic mass is 10.0. The maximum absolute atomic E-state index is 12.6. The van der Waals surface area contributed by atoms with Gasteiger partial charge < -0.3 is 4.42 Å². The number of para-hydroxylation sites is 3.